The maximum absolute atomic E-state index is 12.9. The molecule has 0 radical (unpaired) electrons. The number of nitrogens with one attached hydrogen (secondary N) is 1. The van der Waals surface area contributed by atoms with Crippen LogP contribution in [-0.4, -0.2) is 54.3 Å². The summed E-state index contributed by atoms with van der Waals surface area (Å²) in [4.78, 5) is 0. The Morgan fingerprint density at radius 2 is 2.19 bits per heavy atom. The van der Waals surface area contributed by atoms with E-state index in [-0.39, 0.29) is 24.2 Å². The maximum atomic E-state index is 12.9. The zero-order valence-corrected chi connectivity index (χ0v) is 13.5. The van der Waals surface area contributed by atoms with Gasteiger partial charge in [-0.25, -0.2) is 8.42 Å². The highest BCUT2D eigenvalue weighted by Crippen LogP contribution is 2.37. The van der Waals surface area contributed by atoms with Crippen molar-refractivity contribution in [2.45, 2.75) is 44.4 Å². The van der Waals surface area contributed by atoms with Gasteiger partial charge in [-0.1, -0.05) is 0 Å². The molecule has 1 heterocycles. The van der Waals surface area contributed by atoms with Crippen LogP contribution >= 0.6 is 0 Å². The zero-order chi connectivity index (χ0) is 15.6. The van der Waals surface area contributed by atoms with Gasteiger partial charge in [-0.05, 0) is 32.6 Å². The Hall–Kier alpha value is -0.960. The molecule has 1 fully saturated rings. The van der Waals surface area contributed by atoms with Crippen LogP contribution < -0.4 is 0 Å². The molecule has 21 heavy (non-hydrogen) atoms. The third-order valence-electron chi connectivity index (χ3n) is 4.02. The van der Waals surface area contributed by atoms with E-state index in [4.69, 9.17) is 4.74 Å². The maximum Gasteiger partial charge on any atom is 0.263 e. The predicted molar refractivity (Wildman–Crippen MR) is 77.2 cm³/mol. The van der Waals surface area contributed by atoms with Crippen LogP contribution in [0.2, 0.25) is 0 Å². The van der Waals surface area contributed by atoms with Crippen LogP contribution in [-0.2, 0) is 21.4 Å². The van der Waals surface area contributed by atoms with Crippen molar-refractivity contribution in [2.24, 2.45) is 5.92 Å². The van der Waals surface area contributed by atoms with Gasteiger partial charge in [0.1, 0.15) is 0 Å². The van der Waals surface area contributed by atoms with Gasteiger partial charge in [0.25, 0.3) is 10.0 Å². The molecule has 1 saturated carbocycles. The fraction of sp³-hybridized carbons (Fsp3) is 0.769. The van der Waals surface area contributed by atoms with Gasteiger partial charge in [-0.3, -0.25) is 5.10 Å². The molecule has 120 valence electrons. The highest BCUT2D eigenvalue weighted by Gasteiger charge is 2.40. The van der Waals surface area contributed by atoms with E-state index in [0.29, 0.717) is 23.8 Å². The summed E-state index contributed by atoms with van der Waals surface area (Å²) in [6.45, 7) is 3.87. The monoisotopic (exact) mass is 317 g/mol. The van der Waals surface area contributed by atoms with Crippen LogP contribution in [0.5, 0.6) is 0 Å². The summed E-state index contributed by atoms with van der Waals surface area (Å²) in [7, 11) is -2.20. The highest BCUT2D eigenvalue weighted by molar-refractivity contribution is 7.89. The van der Waals surface area contributed by atoms with Crippen molar-refractivity contribution in [1.29, 1.82) is 0 Å². The number of nitrogens with zero attached hydrogens (tertiary/aromatic N) is 2. The van der Waals surface area contributed by atoms with Gasteiger partial charge in [-0.2, -0.15) is 9.40 Å². The summed E-state index contributed by atoms with van der Waals surface area (Å²) in [5.41, 5.74) is 0.905. The molecule has 2 N–H and O–H groups in total. The molecular formula is C13H23N3O4S. The number of hydrogen-bond acceptors (Lipinski definition) is 5. The molecule has 0 amide bonds. The van der Waals surface area contributed by atoms with Crippen molar-refractivity contribution >= 4 is 10.0 Å². The molecule has 1 aromatic heterocycles. The first-order valence-electron chi connectivity index (χ1n) is 7.09. The molecule has 0 saturated heterocycles. The van der Waals surface area contributed by atoms with Crippen LogP contribution in [0.4, 0.5) is 0 Å². The number of sulfonamides is 1. The summed E-state index contributed by atoms with van der Waals surface area (Å²) < 4.78 is 32.2. The van der Waals surface area contributed by atoms with E-state index in [2.05, 4.69) is 10.2 Å². The van der Waals surface area contributed by atoms with Crippen molar-refractivity contribution in [3.63, 3.8) is 0 Å². The molecule has 8 heteroatoms. The van der Waals surface area contributed by atoms with Crippen LogP contribution in [0.3, 0.4) is 0 Å². The SMILES string of the molecule is COCCN(C(C)C1CC1)S(=O)(=O)c1n[nH]c(C)c1CO. The van der Waals surface area contributed by atoms with Crippen LogP contribution in [0.1, 0.15) is 31.0 Å². The van der Waals surface area contributed by atoms with Gasteiger partial charge >= 0.3 is 0 Å². The van der Waals surface area contributed by atoms with E-state index in [0.717, 1.165) is 12.8 Å². The number of aromatic amines is 1. The van der Waals surface area contributed by atoms with Gasteiger partial charge in [-0.15, -0.1) is 0 Å². The number of hydrogen-bond donors (Lipinski definition) is 2. The molecule has 1 atom stereocenters. The Morgan fingerprint density at radius 1 is 1.52 bits per heavy atom. The molecule has 1 unspecified atom stereocenters. The van der Waals surface area contributed by atoms with Crippen molar-refractivity contribution in [2.75, 3.05) is 20.3 Å². The summed E-state index contributed by atoms with van der Waals surface area (Å²) >= 11 is 0. The van der Waals surface area contributed by atoms with E-state index in [1.165, 1.54) is 4.31 Å². The van der Waals surface area contributed by atoms with Gasteiger partial charge < -0.3 is 9.84 Å². The number of methoxy groups -OCH3 is 1. The van der Waals surface area contributed by atoms with Crippen LogP contribution in [0.25, 0.3) is 0 Å². The zero-order valence-electron chi connectivity index (χ0n) is 12.7. The summed E-state index contributed by atoms with van der Waals surface area (Å²) in [6.07, 6.45) is 2.10. The number of aromatic nitrogens is 2. The molecule has 1 aliphatic carbocycles. The topological polar surface area (TPSA) is 95.5 Å². The third kappa shape index (κ3) is 3.28. The average Bonchev–Trinajstić information content (AvgIpc) is 3.21. The number of aliphatic hydroxyl groups excluding tert-OH is 1. The first kappa shape index (κ1) is 16.4. The molecule has 7 nitrogen and oxygen atoms in total. The lowest BCUT2D eigenvalue weighted by molar-refractivity contribution is 0.164. The minimum atomic E-state index is -3.75. The summed E-state index contributed by atoms with van der Waals surface area (Å²) in [5, 5.41) is 15.9. The molecule has 0 aliphatic heterocycles. The largest absolute Gasteiger partial charge is 0.392 e. The first-order chi connectivity index (χ1) is 9.93. The average molecular weight is 317 g/mol. The standard InChI is InChI=1S/C13H23N3O4S/c1-9-12(8-17)13(15-14-9)21(18,19)16(6-7-20-3)10(2)11-4-5-11/h10-11,17H,4-8H2,1-3H3,(H,14,15). The normalized spacial score (nSPS) is 17.4. The molecule has 0 spiro atoms. The Bertz CT molecular complexity index is 580. The minimum absolute atomic E-state index is 0.0777. The van der Waals surface area contributed by atoms with E-state index in [9.17, 15) is 13.5 Å². The lowest BCUT2D eigenvalue weighted by Gasteiger charge is -2.27. The molecule has 0 aromatic carbocycles. The Morgan fingerprint density at radius 3 is 2.71 bits per heavy atom. The molecule has 1 aliphatic rings. The van der Waals surface area contributed by atoms with Crippen molar-refractivity contribution in [1.82, 2.24) is 14.5 Å². The number of aliphatic hydroxyl groups is 1. The van der Waals surface area contributed by atoms with E-state index in [1.807, 2.05) is 6.92 Å². The second-order valence-corrected chi connectivity index (χ2v) is 7.28. The molecule has 0 bridgehead atoms. The third-order valence-corrected chi connectivity index (χ3v) is 5.98. The smallest absolute Gasteiger partial charge is 0.263 e. The lowest BCUT2D eigenvalue weighted by atomic mass is 10.2. The first-order valence-corrected chi connectivity index (χ1v) is 8.53. The molecule has 2 rings (SSSR count). The summed E-state index contributed by atoms with van der Waals surface area (Å²) in [5.74, 6) is 0.397. The Balaban J connectivity index is 2.35. The van der Waals surface area contributed by atoms with Gasteiger partial charge in [0, 0.05) is 31.0 Å². The number of rotatable bonds is 8. The van der Waals surface area contributed by atoms with E-state index >= 15 is 0 Å². The van der Waals surface area contributed by atoms with Gasteiger partial charge in [0.05, 0.1) is 13.2 Å². The van der Waals surface area contributed by atoms with Crippen LogP contribution in [0, 0.1) is 12.8 Å². The quantitative estimate of drug-likeness (QED) is 0.734. The van der Waals surface area contributed by atoms with Crippen LogP contribution in [0.15, 0.2) is 5.03 Å². The van der Waals surface area contributed by atoms with Gasteiger partial charge in [0.2, 0.25) is 0 Å². The summed E-state index contributed by atoms with van der Waals surface area (Å²) in [6, 6.07) is -0.0892. The second-order valence-electron chi connectivity index (χ2n) is 5.48. The number of aryl methyl sites for hydroxylation is 1. The van der Waals surface area contributed by atoms with E-state index < -0.39 is 10.0 Å². The number of ether oxygens (including phenoxy) is 1. The highest BCUT2D eigenvalue weighted by atomic mass is 32.2. The molecule has 1 aromatic rings. The number of H-pyrrole nitrogens is 1. The van der Waals surface area contributed by atoms with Crippen molar-refractivity contribution in [3.8, 4) is 0 Å². The fourth-order valence-electron chi connectivity index (χ4n) is 2.48. The Kier molecular flexibility index (Phi) is 5.03. The Labute approximate surface area is 125 Å². The fourth-order valence-corrected chi connectivity index (χ4v) is 4.32. The van der Waals surface area contributed by atoms with Crippen molar-refractivity contribution in [3.05, 3.63) is 11.3 Å². The lowest BCUT2D eigenvalue weighted by Crippen LogP contribution is -2.42. The van der Waals surface area contributed by atoms with Crippen molar-refractivity contribution < 1.29 is 18.3 Å². The van der Waals surface area contributed by atoms with E-state index in [1.54, 1.807) is 14.0 Å². The van der Waals surface area contributed by atoms with Gasteiger partial charge in [0.15, 0.2) is 5.03 Å². The minimum Gasteiger partial charge on any atom is -0.392 e. The molecular weight excluding hydrogens is 294 g/mol. The predicted octanol–water partition coefficient (Wildman–Crippen LogP) is 0.646. The second kappa shape index (κ2) is 6.43.